The highest BCUT2D eigenvalue weighted by Crippen LogP contribution is 2.32. The molecule has 1 saturated heterocycles. The number of nitriles is 1. The van der Waals surface area contributed by atoms with Gasteiger partial charge in [-0.2, -0.15) is 18.4 Å². The van der Waals surface area contributed by atoms with Gasteiger partial charge in [0.25, 0.3) is 11.8 Å². The minimum atomic E-state index is -4.62. The molecule has 2 aromatic carbocycles. The van der Waals surface area contributed by atoms with E-state index < -0.39 is 23.6 Å². The van der Waals surface area contributed by atoms with E-state index in [1.54, 1.807) is 30.3 Å². The van der Waals surface area contributed by atoms with Crippen molar-refractivity contribution in [1.82, 2.24) is 15.1 Å². The first-order valence-corrected chi connectivity index (χ1v) is 10.6. The fourth-order valence-electron chi connectivity index (χ4n) is 3.72. The quantitative estimate of drug-likeness (QED) is 0.613. The summed E-state index contributed by atoms with van der Waals surface area (Å²) in [6.45, 7) is 1.10. The third-order valence-corrected chi connectivity index (χ3v) is 5.53. The summed E-state index contributed by atoms with van der Waals surface area (Å²) in [5.74, 6) is -0.722. The van der Waals surface area contributed by atoms with Gasteiger partial charge in [-0.05, 0) is 36.4 Å². The van der Waals surface area contributed by atoms with Gasteiger partial charge in [-0.25, -0.2) is 0 Å². The van der Waals surface area contributed by atoms with Crippen molar-refractivity contribution in [3.8, 4) is 6.07 Å². The molecular formula is C24H19F3N6O2. The second kappa shape index (κ2) is 9.80. The average Bonchev–Trinajstić information content (AvgIpc) is 2.88. The van der Waals surface area contributed by atoms with E-state index >= 15 is 0 Å². The highest BCUT2D eigenvalue weighted by atomic mass is 19.4. The Bertz CT molecular complexity index is 1280. The first-order valence-electron chi connectivity index (χ1n) is 10.6. The summed E-state index contributed by atoms with van der Waals surface area (Å²) < 4.78 is 39.8. The van der Waals surface area contributed by atoms with E-state index in [0.717, 1.165) is 6.07 Å². The lowest BCUT2D eigenvalue weighted by atomic mass is 10.1. The predicted octanol–water partition coefficient (Wildman–Crippen LogP) is 3.58. The summed E-state index contributed by atoms with van der Waals surface area (Å²) in [5.41, 5.74) is -0.598. The number of nitrogens with zero attached hydrogens (tertiary/aromatic N) is 5. The van der Waals surface area contributed by atoms with Crippen molar-refractivity contribution in [1.29, 1.82) is 5.26 Å². The molecule has 11 heteroatoms. The molecule has 0 aliphatic carbocycles. The Morgan fingerprint density at radius 2 is 1.60 bits per heavy atom. The summed E-state index contributed by atoms with van der Waals surface area (Å²) in [7, 11) is 0. The van der Waals surface area contributed by atoms with Gasteiger partial charge in [0, 0.05) is 26.2 Å². The van der Waals surface area contributed by atoms with E-state index in [4.69, 9.17) is 5.26 Å². The molecule has 1 N–H and O–H groups in total. The molecule has 0 bridgehead atoms. The number of amides is 2. The second-order valence-corrected chi connectivity index (χ2v) is 7.71. The number of hydrogen-bond acceptors (Lipinski definition) is 6. The first-order chi connectivity index (χ1) is 16.8. The summed E-state index contributed by atoms with van der Waals surface area (Å²) in [6.07, 6.45) is -4.62. The number of anilines is 2. The largest absolute Gasteiger partial charge is 0.417 e. The van der Waals surface area contributed by atoms with Gasteiger partial charge in [0.15, 0.2) is 11.5 Å². The van der Waals surface area contributed by atoms with E-state index in [2.05, 4.69) is 15.5 Å². The van der Waals surface area contributed by atoms with E-state index in [0.29, 0.717) is 30.2 Å². The number of rotatable bonds is 4. The molecule has 35 heavy (non-hydrogen) atoms. The lowest BCUT2D eigenvalue weighted by molar-refractivity contribution is -0.138. The Labute approximate surface area is 198 Å². The summed E-state index contributed by atoms with van der Waals surface area (Å²) in [5, 5.41) is 19.8. The fourth-order valence-corrected chi connectivity index (χ4v) is 3.72. The molecule has 8 nitrogen and oxygen atoms in total. The second-order valence-electron chi connectivity index (χ2n) is 7.71. The van der Waals surface area contributed by atoms with E-state index in [1.807, 2.05) is 11.0 Å². The van der Waals surface area contributed by atoms with Crippen molar-refractivity contribution in [3.63, 3.8) is 0 Å². The zero-order valence-corrected chi connectivity index (χ0v) is 18.3. The van der Waals surface area contributed by atoms with Gasteiger partial charge in [0.1, 0.15) is 6.07 Å². The Balaban J connectivity index is 1.38. The maximum atomic E-state index is 13.3. The normalized spacial score (nSPS) is 13.8. The number of carbonyl (C=O) groups excluding carboxylic acids is 2. The number of para-hydroxylation sites is 1. The minimum Gasteiger partial charge on any atom is -0.352 e. The maximum absolute atomic E-state index is 13.3. The number of hydrogen-bond donors (Lipinski definition) is 1. The molecule has 0 saturated carbocycles. The van der Waals surface area contributed by atoms with E-state index in [1.165, 1.54) is 29.2 Å². The molecule has 0 unspecified atom stereocenters. The lowest BCUT2D eigenvalue weighted by Crippen LogP contribution is -2.49. The molecule has 0 radical (unpaired) electrons. The van der Waals surface area contributed by atoms with Crippen molar-refractivity contribution in [3.05, 3.63) is 83.0 Å². The average molecular weight is 480 g/mol. The van der Waals surface area contributed by atoms with Crippen LogP contribution in [-0.4, -0.2) is 53.1 Å². The highest BCUT2D eigenvalue weighted by Gasteiger charge is 2.36. The van der Waals surface area contributed by atoms with Gasteiger partial charge >= 0.3 is 6.18 Å². The highest BCUT2D eigenvalue weighted by molar-refractivity contribution is 6.03. The smallest absolute Gasteiger partial charge is 0.352 e. The molecule has 0 atom stereocenters. The summed E-state index contributed by atoms with van der Waals surface area (Å²) in [6, 6.07) is 16.4. The third kappa shape index (κ3) is 5.22. The van der Waals surface area contributed by atoms with Crippen LogP contribution in [0.5, 0.6) is 0 Å². The predicted molar refractivity (Wildman–Crippen MR) is 121 cm³/mol. The van der Waals surface area contributed by atoms with Crippen molar-refractivity contribution < 1.29 is 22.8 Å². The Hall–Kier alpha value is -4.46. The number of halogens is 3. The number of benzene rings is 2. The van der Waals surface area contributed by atoms with Gasteiger partial charge in [-0.3, -0.25) is 9.59 Å². The number of nitrogens with one attached hydrogen (secondary N) is 1. The summed E-state index contributed by atoms with van der Waals surface area (Å²) in [4.78, 5) is 28.4. The van der Waals surface area contributed by atoms with E-state index in [9.17, 15) is 22.8 Å². The zero-order chi connectivity index (χ0) is 25.0. The molecule has 178 valence electrons. The van der Waals surface area contributed by atoms with Crippen LogP contribution < -0.4 is 10.2 Å². The minimum absolute atomic E-state index is 0.0547. The van der Waals surface area contributed by atoms with Gasteiger partial charge in [0.2, 0.25) is 0 Å². The van der Waals surface area contributed by atoms with Crippen LogP contribution in [0.4, 0.5) is 24.7 Å². The topological polar surface area (TPSA) is 102 Å². The van der Waals surface area contributed by atoms with Crippen molar-refractivity contribution in [2.75, 3.05) is 36.4 Å². The van der Waals surface area contributed by atoms with Crippen LogP contribution in [0.1, 0.15) is 32.0 Å². The molecule has 1 aliphatic heterocycles. The standard InChI is InChI=1S/C24H19F3N6O2/c25-24(26,27)18-7-3-2-6-17(18)23(35)33-13-11-32(12-14-33)21-10-9-20(30-31-21)22(34)29-19-8-4-1-5-16(19)15-28/h1-10H,11-14H2,(H,29,34). The molecule has 0 spiro atoms. The van der Waals surface area contributed by atoms with Crippen molar-refractivity contribution in [2.24, 2.45) is 0 Å². The summed E-state index contributed by atoms with van der Waals surface area (Å²) >= 11 is 0. The molecule has 2 amide bonds. The number of alkyl halides is 3. The van der Waals surface area contributed by atoms with Crippen LogP contribution in [0, 0.1) is 11.3 Å². The number of aromatic nitrogens is 2. The van der Waals surface area contributed by atoms with Crippen LogP contribution in [0.15, 0.2) is 60.7 Å². The van der Waals surface area contributed by atoms with Crippen molar-refractivity contribution in [2.45, 2.75) is 6.18 Å². The molecule has 4 rings (SSSR count). The number of piperazine rings is 1. The number of carbonyl (C=O) groups is 2. The van der Waals surface area contributed by atoms with Crippen LogP contribution in [-0.2, 0) is 6.18 Å². The molecular weight excluding hydrogens is 461 g/mol. The molecule has 1 aromatic heterocycles. The van der Waals surface area contributed by atoms with Gasteiger partial charge in [0.05, 0.1) is 22.4 Å². The maximum Gasteiger partial charge on any atom is 0.417 e. The van der Waals surface area contributed by atoms with Crippen molar-refractivity contribution >= 4 is 23.3 Å². The zero-order valence-electron chi connectivity index (χ0n) is 18.3. The van der Waals surface area contributed by atoms with Gasteiger partial charge in [-0.15, -0.1) is 10.2 Å². The van der Waals surface area contributed by atoms with Gasteiger partial charge < -0.3 is 15.1 Å². The van der Waals surface area contributed by atoms with Crippen LogP contribution in [0.2, 0.25) is 0 Å². The van der Waals surface area contributed by atoms with E-state index in [-0.39, 0.29) is 24.3 Å². The molecule has 3 aromatic rings. The third-order valence-electron chi connectivity index (χ3n) is 5.53. The lowest BCUT2D eigenvalue weighted by Gasteiger charge is -2.35. The molecule has 1 aliphatic rings. The first kappa shape index (κ1) is 23.7. The Morgan fingerprint density at radius 1 is 0.914 bits per heavy atom. The van der Waals surface area contributed by atoms with Gasteiger partial charge in [-0.1, -0.05) is 24.3 Å². The van der Waals surface area contributed by atoms with Crippen LogP contribution in [0.3, 0.4) is 0 Å². The fraction of sp³-hybridized carbons (Fsp3) is 0.208. The Kier molecular flexibility index (Phi) is 6.64. The SMILES string of the molecule is N#Cc1ccccc1NC(=O)c1ccc(N2CCN(C(=O)c3ccccc3C(F)(F)F)CC2)nn1. The Morgan fingerprint density at radius 3 is 2.26 bits per heavy atom. The molecule has 1 fully saturated rings. The van der Waals surface area contributed by atoms with Crippen LogP contribution in [0.25, 0.3) is 0 Å². The molecule has 2 heterocycles. The van der Waals surface area contributed by atoms with Crippen LogP contribution >= 0.6 is 0 Å². The monoisotopic (exact) mass is 480 g/mol.